The molecule has 0 aromatic heterocycles. The average molecular weight is 428 g/mol. The normalized spacial score (nSPS) is 28.8. The highest BCUT2D eigenvalue weighted by Gasteiger charge is 2.56. The number of amides is 3. The summed E-state index contributed by atoms with van der Waals surface area (Å²) in [7, 11) is 0. The van der Waals surface area contributed by atoms with Crippen LogP contribution in [-0.4, -0.2) is 75.5 Å². The molecule has 2 saturated heterocycles. The summed E-state index contributed by atoms with van der Waals surface area (Å²) in [6, 6.07) is 7.17. The Morgan fingerprint density at radius 2 is 1.94 bits per heavy atom. The van der Waals surface area contributed by atoms with E-state index in [2.05, 4.69) is 10.3 Å². The highest BCUT2D eigenvalue weighted by molar-refractivity contribution is 6.05. The summed E-state index contributed by atoms with van der Waals surface area (Å²) in [5.41, 5.74) is 10.9. The Balaban J connectivity index is 1.43. The van der Waals surface area contributed by atoms with Crippen molar-refractivity contribution in [1.29, 1.82) is 0 Å². The molecule has 1 aromatic carbocycles. The van der Waals surface area contributed by atoms with Gasteiger partial charge in [-0.25, -0.2) is 0 Å². The van der Waals surface area contributed by atoms with Crippen molar-refractivity contribution in [1.82, 2.24) is 15.1 Å². The summed E-state index contributed by atoms with van der Waals surface area (Å²) in [6.07, 6.45) is 2.59. The lowest BCUT2D eigenvalue weighted by atomic mass is 9.92. The fraction of sp³-hybridized carbons (Fsp3) is 0.524. The van der Waals surface area contributed by atoms with Crippen molar-refractivity contribution in [2.24, 2.45) is 16.5 Å². The van der Waals surface area contributed by atoms with Crippen LogP contribution in [0, 0.1) is 0 Å². The number of nitrogens with zero attached hydrogens (tertiary/aromatic N) is 3. The molecule has 3 aliphatic heterocycles. The van der Waals surface area contributed by atoms with E-state index in [1.54, 1.807) is 0 Å². The van der Waals surface area contributed by atoms with Gasteiger partial charge in [-0.2, -0.15) is 4.99 Å². The van der Waals surface area contributed by atoms with Crippen LogP contribution in [0.3, 0.4) is 0 Å². The van der Waals surface area contributed by atoms with Crippen LogP contribution in [0.5, 0.6) is 0 Å². The molecule has 0 spiro atoms. The van der Waals surface area contributed by atoms with E-state index >= 15 is 0 Å². The molecule has 10 heteroatoms. The third-order valence-corrected chi connectivity index (χ3v) is 6.35. The van der Waals surface area contributed by atoms with Crippen molar-refractivity contribution in [3.8, 4) is 0 Å². The molecule has 0 aliphatic carbocycles. The maximum atomic E-state index is 13.1. The van der Waals surface area contributed by atoms with Crippen molar-refractivity contribution >= 4 is 23.7 Å². The molecule has 1 aromatic rings. The number of guanidine groups is 1. The molecule has 3 amide bonds. The number of rotatable bonds is 5. The number of fused-ring (bicyclic) bond motifs is 1. The smallest absolute Gasteiger partial charge is 0.304 e. The molecule has 166 valence electrons. The molecule has 2 unspecified atom stereocenters. The Morgan fingerprint density at radius 3 is 2.68 bits per heavy atom. The van der Waals surface area contributed by atoms with Crippen LogP contribution >= 0.6 is 0 Å². The van der Waals surface area contributed by atoms with Crippen molar-refractivity contribution in [2.75, 3.05) is 13.1 Å². The molecule has 10 nitrogen and oxygen atoms in total. The van der Waals surface area contributed by atoms with Crippen LogP contribution in [0.2, 0.25) is 0 Å². The second kappa shape index (κ2) is 8.27. The van der Waals surface area contributed by atoms with Gasteiger partial charge in [0.2, 0.25) is 23.5 Å². The zero-order valence-electron chi connectivity index (χ0n) is 17.2. The molecule has 0 saturated carbocycles. The maximum Gasteiger partial charge on any atom is 0.304 e. The summed E-state index contributed by atoms with van der Waals surface area (Å²) in [5, 5.41) is 13.8. The van der Waals surface area contributed by atoms with Crippen LogP contribution < -0.4 is 16.8 Å². The first kappa shape index (κ1) is 21.3. The molecule has 6 N–H and O–H groups in total. The van der Waals surface area contributed by atoms with E-state index in [0.29, 0.717) is 45.2 Å². The summed E-state index contributed by atoms with van der Waals surface area (Å²) < 4.78 is 0. The minimum Gasteiger partial charge on any atom is -0.369 e. The van der Waals surface area contributed by atoms with E-state index in [1.165, 1.54) is 9.80 Å². The standard InChI is InChI=1S/C21H28N6O4/c22-14(12-13-6-2-1-3-7-13)18(29)26-10-4-8-15(26)17(28)24-16-9-5-11-27-20(23)25-19(30)21(16,27)31/h1-3,6-7,14-16,31H,4-5,8-12,22H2,(H,24,28)(H2,23,25,30)/t14-,15+,16?,21?/m1/s1. The third-order valence-electron chi connectivity index (χ3n) is 6.35. The molecule has 3 heterocycles. The minimum absolute atomic E-state index is 0.0454. The molecule has 31 heavy (non-hydrogen) atoms. The van der Waals surface area contributed by atoms with Gasteiger partial charge in [-0.15, -0.1) is 0 Å². The van der Waals surface area contributed by atoms with E-state index < -0.39 is 35.7 Å². The van der Waals surface area contributed by atoms with Crippen molar-refractivity contribution in [3.63, 3.8) is 0 Å². The predicted molar refractivity (Wildman–Crippen MR) is 112 cm³/mol. The SMILES string of the molecule is NC1=NC(=O)C2(O)C(NC(=O)[C@@H]3CCCN3C(=O)[C@H](N)Cc3ccccc3)CCCN12. The van der Waals surface area contributed by atoms with Gasteiger partial charge in [0, 0.05) is 13.1 Å². The summed E-state index contributed by atoms with van der Waals surface area (Å²) >= 11 is 0. The van der Waals surface area contributed by atoms with Gasteiger partial charge in [-0.1, -0.05) is 30.3 Å². The predicted octanol–water partition coefficient (Wildman–Crippen LogP) is -1.33. The molecule has 4 rings (SSSR count). The monoisotopic (exact) mass is 428 g/mol. The number of hydrogen-bond acceptors (Lipinski definition) is 7. The van der Waals surface area contributed by atoms with E-state index in [9.17, 15) is 19.5 Å². The Morgan fingerprint density at radius 1 is 1.23 bits per heavy atom. The Hall–Kier alpha value is -2.98. The molecule has 3 aliphatic rings. The van der Waals surface area contributed by atoms with Gasteiger partial charge in [0.15, 0.2) is 0 Å². The van der Waals surface area contributed by atoms with Crippen LogP contribution in [-0.2, 0) is 20.8 Å². The first-order valence-electron chi connectivity index (χ1n) is 10.6. The molecular formula is C21H28N6O4. The highest BCUT2D eigenvalue weighted by atomic mass is 16.3. The van der Waals surface area contributed by atoms with E-state index in [4.69, 9.17) is 11.5 Å². The largest absolute Gasteiger partial charge is 0.369 e. The number of hydrogen-bond donors (Lipinski definition) is 4. The summed E-state index contributed by atoms with van der Waals surface area (Å²) in [4.78, 5) is 44.8. The van der Waals surface area contributed by atoms with Crippen LogP contribution in [0.15, 0.2) is 35.3 Å². The second-order valence-electron chi connectivity index (χ2n) is 8.34. The van der Waals surface area contributed by atoms with Crippen LogP contribution in [0.25, 0.3) is 0 Å². The molecule has 4 atom stereocenters. The first-order chi connectivity index (χ1) is 14.8. The van der Waals surface area contributed by atoms with Crippen LogP contribution in [0.4, 0.5) is 0 Å². The topological polar surface area (TPSA) is 154 Å². The van der Waals surface area contributed by atoms with Gasteiger partial charge >= 0.3 is 5.91 Å². The van der Waals surface area contributed by atoms with Crippen LogP contribution in [0.1, 0.15) is 31.2 Å². The number of benzene rings is 1. The van der Waals surface area contributed by atoms with Gasteiger partial charge in [0.25, 0.3) is 0 Å². The number of carbonyl (C=O) groups excluding carboxylic acids is 3. The third kappa shape index (κ3) is 3.77. The Labute approximate surface area is 180 Å². The maximum absolute atomic E-state index is 13.1. The average Bonchev–Trinajstić information content (AvgIpc) is 3.33. The van der Waals surface area contributed by atoms with Crippen molar-refractivity contribution < 1.29 is 19.5 Å². The Bertz CT molecular complexity index is 906. The number of aliphatic hydroxyl groups is 1. The van der Waals surface area contributed by atoms with E-state index in [0.717, 1.165) is 5.56 Å². The van der Waals surface area contributed by atoms with Crippen molar-refractivity contribution in [3.05, 3.63) is 35.9 Å². The van der Waals surface area contributed by atoms with Crippen molar-refractivity contribution in [2.45, 2.75) is 56.0 Å². The number of carbonyl (C=O) groups is 3. The van der Waals surface area contributed by atoms with E-state index in [1.807, 2.05) is 30.3 Å². The lowest BCUT2D eigenvalue weighted by Gasteiger charge is -2.43. The first-order valence-corrected chi connectivity index (χ1v) is 10.6. The second-order valence-corrected chi connectivity index (χ2v) is 8.34. The van der Waals surface area contributed by atoms with Gasteiger partial charge in [0.1, 0.15) is 6.04 Å². The highest BCUT2D eigenvalue weighted by Crippen LogP contribution is 2.32. The fourth-order valence-corrected chi connectivity index (χ4v) is 4.73. The Kier molecular flexibility index (Phi) is 5.67. The fourth-order valence-electron chi connectivity index (χ4n) is 4.73. The number of nitrogens with one attached hydrogen (secondary N) is 1. The summed E-state index contributed by atoms with van der Waals surface area (Å²) in [6.45, 7) is 0.821. The van der Waals surface area contributed by atoms with Gasteiger partial charge in [0.05, 0.1) is 12.1 Å². The van der Waals surface area contributed by atoms with Gasteiger partial charge in [-0.3, -0.25) is 14.4 Å². The lowest BCUT2D eigenvalue weighted by Crippen LogP contribution is -2.69. The molecule has 0 bridgehead atoms. The zero-order valence-corrected chi connectivity index (χ0v) is 17.2. The molecule has 0 radical (unpaired) electrons. The number of piperidine rings is 1. The zero-order chi connectivity index (χ0) is 22.2. The minimum atomic E-state index is -1.98. The summed E-state index contributed by atoms with van der Waals surface area (Å²) in [5.74, 6) is -1.51. The number of aliphatic imine (C=N–C) groups is 1. The van der Waals surface area contributed by atoms with E-state index in [-0.39, 0.29) is 11.9 Å². The quantitative estimate of drug-likeness (QED) is 0.453. The lowest BCUT2D eigenvalue weighted by molar-refractivity contribution is -0.161. The number of likely N-dealkylation sites (tertiary alicyclic amines) is 1. The number of nitrogens with two attached hydrogens (primary N) is 2. The van der Waals surface area contributed by atoms with Gasteiger partial charge < -0.3 is 31.7 Å². The van der Waals surface area contributed by atoms with Gasteiger partial charge in [-0.05, 0) is 37.7 Å². The molecular weight excluding hydrogens is 400 g/mol. The molecule has 2 fully saturated rings.